The fraction of sp³-hybridized carbons (Fsp3) is 0.429. The van der Waals surface area contributed by atoms with Crippen molar-refractivity contribution in [2.24, 2.45) is 0 Å². The van der Waals surface area contributed by atoms with Crippen LogP contribution in [0.2, 0.25) is 0 Å². The van der Waals surface area contributed by atoms with E-state index >= 15 is 0 Å². The number of pyridine rings is 1. The van der Waals surface area contributed by atoms with Crippen molar-refractivity contribution < 1.29 is 13.2 Å². The minimum Gasteiger partial charge on any atom is -0.357 e. The van der Waals surface area contributed by atoms with E-state index in [1.54, 1.807) is 24.4 Å². The number of rotatable bonds is 7. The topological polar surface area (TPSA) is 82.6 Å². The number of hydrogen-bond acceptors (Lipinski definition) is 5. The Hall–Kier alpha value is -2.45. The molecule has 156 valence electrons. The molecule has 1 aliphatic rings. The number of carbonyl (C=O) groups is 1. The summed E-state index contributed by atoms with van der Waals surface area (Å²) in [6, 6.07) is 8.88. The normalized spacial score (nSPS) is 14.4. The molecule has 0 radical (unpaired) electrons. The van der Waals surface area contributed by atoms with Gasteiger partial charge >= 0.3 is 0 Å². The third kappa shape index (κ3) is 5.13. The minimum atomic E-state index is -3.72. The number of aromatic nitrogens is 1. The van der Waals surface area contributed by atoms with Gasteiger partial charge in [0, 0.05) is 32.9 Å². The zero-order chi connectivity index (χ0) is 21.0. The summed E-state index contributed by atoms with van der Waals surface area (Å²) in [5, 5.41) is 2.76. The molecule has 1 saturated heterocycles. The lowest BCUT2D eigenvalue weighted by molar-refractivity contribution is -0.121. The summed E-state index contributed by atoms with van der Waals surface area (Å²) in [5.74, 6) is 0.598. The van der Waals surface area contributed by atoms with E-state index in [0.29, 0.717) is 6.54 Å². The van der Waals surface area contributed by atoms with E-state index in [0.717, 1.165) is 39.9 Å². The second kappa shape index (κ2) is 8.92. The second-order valence-electron chi connectivity index (χ2n) is 7.50. The third-order valence-corrected chi connectivity index (χ3v) is 7.08. The fourth-order valence-electron chi connectivity index (χ4n) is 3.25. The van der Waals surface area contributed by atoms with Crippen LogP contribution >= 0.6 is 0 Å². The summed E-state index contributed by atoms with van der Waals surface area (Å²) >= 11 is 0. The Labute approximate surface area is 172 Å². The molecule has 0 unspecified atom stereocenters. The van der Waals surface area contributed by atoms with Gasteiger partial charge in [0.05, 0.1) is 11.4 Å². The van der Waals surface area contributed by atoms with Gasteiger partial charge < -0.3 is 10.2 Å². The maximum atomic E-state index is 12.7. The maximum absolute atomic E-state index is 12.7. The molecular formula is C21H28N4O3S. The first kappa shape index (κ1) is 21.3. The summed E-state index contributed by atoms with van der Waals surface area (Å²) < 4.78 is 26.5. The summed E-state index contributed by atoms with van der Waals surface area (Å²) in [4.78, 5) is 19.2. The number of hydrogen-bond donors (Lipinski definition) is 1. The Balaban J connectivity index is 1.55. The number of benzene rings is 1. The highest BCUT2D eigenvalue weighted by Gasteiger charge is 2.23. The van der Waals surface area contributed by atoms with Gasteiger partial charge in [0.1, 0.15) is 5.82 Å². The number of amides is 1. The summed E-state index contributed by atoms with van der Waals surface area (Å²) in [7, 11) is -2.30. The van der Waals surface area contributed by atoms with Gasteiger partial charge in [-0.15, -0.1) is 0 Å². The summed E-state index contributed by atoms with van der Waals surface area (Å²) in [6.45, 7) is 5.92. The highest BCUT2D eigenvalue weighted by atomic mass is 32.2. The third-order valence-electron chi connectivity index (χ3n) is 5.28. The Kier molecular flexibility index (Phi) is 6.54. The number of aryl methyl sites for hydroxylation is 2. The molecule has 1 aromatic carbocycles. The van der Waals surface area contributed by atoms with Crippen LogP contribution in [0.25, 0.3) is 0 Å². The minimum absolute atomic E-state index is 0.192. The van der Waals surface area contributed by atoms with Gasteiger partial charge in [-0.2, -0.15) is 4.31 Å². The van der Waals surface area contributed by atoms with Gasteiger partial charge in [-0.25, -0.2) is 13.4 Å². The van der Waals surface area contributed by atoms with Gasteiger partial charge in [0.15, 0.2) is 0 Å². The largest absolute Gasteiger partial charge is 0.357 e. The van der Waals surface area contributed by atoms with Gasteiger partial charge in [0.2, 0.25) is 15.9 Å². The van der Waals surface area contributed by atoms with Crippen LogP contribution in [0.3, 0.4) is 0 Å². The first-order valence-electron chi connectivity index (χ1n) is 9.77. The molecule has 2 aromatic rings. The molecule has 1 N–H and O–H groups in total. The molecule has 1 aliphatic heterocycles. The van der Waals surface area contributed by atoms with E-state index in [2.05, 4.69) is 15.2 Å². The van der Waals surface area contributed by atoms with Crippen molar-refractivity contribution in [3.63, 3.8) is 0 Å². The smallest absolute Gasteiger partial charge is 0.243 e. The van der Waals surface area contributed by atoms with Crippen molar-refractivity contribution in [3.05, 3.63) is 53.2 Å². The number of sulfonamides is 1. The van der Waals surface area contributed by atoms with Crippen molar-refractivity contribution in [2.75, 3.05) is 31.6 Å². The van der Waals surface area contributed by atoms with Crippen LogP contribution in [-0.4, -0.2) is 50.3 Å². The molecule has 3 rings (SSSR count). The van der Waals surface area contributed by atoms with E-state index < -0.39 is 10.0 Å². The lowest BCUT2D eigenvalue weighted by atomic mass is 10.1. The molecule has 7 nitrogen and oxygen atoms in total. The number of nitrogens with zero attached hydrogens (tertiary/aromatic N) is 3. The molecule has 0 saturated carbocycles. The lowest BCUT2D eigenvalue weighted by Crippen LogP contribution is -2.38. The quantitative estimate of drug-likeness (QED) is 0.749. The molecule has 0 aliphatic carbocycles. The van der Waals surface area contributed by atoms with Crippen molar-refractivity contribution in [3.8, 4) is 0 Å². The first-order valence-corrected chi connectivity index (χ1v) is 11.2. The van der Waals surface area contributed by atoms with Crippen molar-refractivity contribution in [1.29, 1.82) is 0 Å². The fourth-order valence-corrected chi connectivity index (χ4v) is 4.47. The second-order valence-corrected chi connectivity index (χ2v) is 9.55. The van der Waals surface area contributed by atoms with E-state index in [-0.39, 0.29) is 17.3 Å². The van der Waals surface area contributed by atoms with Crippen LogP contribution < -0.4 is 10.2 Å². The Morgan fingerprint density at radius 2 is 1.86 bits per heavy atom. The van der Waals surface area contributed by atoms with Gasteiger partial charge in [-0.3, -0.25) is 4.79 Å². The van der Waals surface area contributed by atoms with Gasteiger partial charge in [-0.05, 0) is 61.6 Å². The van der Waals surface area contributed by atoms with E-state index in [4.69, 9.17) is 0 Å². The van der Waals surface area contributed by atoms with Crippen molar-refractivity contribution >= 4 is 21.7 Å². The molecule has 1 fully saturated rings. The molecule has 1 amide bonds. The van der Waals surface area contributed by atoms with Crippen LogP contribution in [-0.2, 0) is 21.4 Å². The molecule has 0 spiro atoms. The highest BCUT2D eigenvalue weighted by Crippen LogP contribution is 2.19. The standard InChI is InChI=1S/C21H28N4O3S/c1-16-6-8-19(12-17(16)2)29(27,28)24(3)15-21(26)23-14-18-7-9-20(22-13-18)25-10-4-5-11-25/h6-9,12-13H,4-5,10-11,14-15H2,1-3H3,(H,23,26). The van der Waals surface area contributed by atoms with Crippen LogP contribution in [0.4, 0.5) is 5.82 Å². The Bertz CT molecular complexity index is 968. The summed E-state index contributed by atoms with van der Waals surface area (Å²) in [6.07, 6.45) is 4.14. The first-order chi connectivity index (χ1) is 13.8. The average molecular weight is 417 g/mol. The zero-order valence-corrected chi connectivity index (χ0v) is 18.0. The van der Waals surface area contributed by atoms with E-state index in [9.17, 15) is 13.2 Å². The van der Waals surface area contributed by atoms with Crippen LogP contribution in [0.15, 0.2) is 41.4 Å². The highest BCUT2D eigenvalue weighted by molar-refractivity contribution is 7.89. The Morgan fingerprint density at radius 3 is 2.48 bits per heavy atom. The Morgan fingerprint density at radius 1 is 1.14 bits per heavy atom. The van der Waals surface area contributed by atoms with Crippen molar-refractivity contribution in [2.45, 2.75) is 38.1 Å². The van der Waals surface area contributed by atoms with Crippen molar-refractivity contribution in [1.82, 2.24) is 14.6 Å². The molecule has 1 aromatic heterocycles. The molecular weight excluding hydrogens is 388 g/mol. The molecule has 2 heterocycles. The maximum Gasteiger partial charge on any atom is 0.243 e. The molecule has 0 atom stereocenters. The lowest BCUT2D eigenvalue weighted by Gasteiger charge is -2.18. The number of anilines is 1. The van der Waals surface area contributed by atoms with Crippen LogP contribution in [0.5, 0.6) is 0 Å². The van der Waals surface area contributed by atoms with Gasteiger partial charge in [0.25, 0.3) is 0 Å². The van der Waals surface area contributed by atoms with Crippen LogP contribution in [0, 0.1) is 13.8 Å². The van der Waals surface area contributed by atoms with Crippen LogP contribution in [0.1, 0.15) is 29.5 Å². The number of nitrogens with one attached hydrogen (secondary N) is 1. The van der Waals surface area contributed by atoms with E-state index in [1.165, 1.54) is 19.9 Å². The van der Waals surface area contributed by atoms with E-state index in [1.807, 2.05) is 26.0 Å². The SMILES string of the molecule is Cc1ccc(S(=O)(=O)N(C)CC(=O)NCc2ccc(N3CCCC3)nc2)cc1C. The molecule has 29 heavy (non-hydrogen) atoms. The predicted octanol–water partition coefficient (Wildman–Crippen LogP) is 2.24. The average Bonchev–Trinajstić information content (AvgIpc) is 3.23. The monoisotopic (exact) mass is 416 g/mol. The number of carbonyl (C=O) groups excluding carboxylic acids is 1. The van der Waals surface area contributed by atoms with Gasteiger partial charge in [-0.1, -0.05) is 12.1 Å². The molecule has 8 heteroatoms. The zero-order valence-electron chi connectivity index (χ0n) is 17.2. The molecule has 0 bridgehead atoms. The summed E-state index contributed by atoms with van der Waals surface area (Å²) in [5.41, 5.74) is 2.79. The number of likely N-dealkylation sites (N-methyl/N-ethyl adjacent to an activating group) is 1. The predicted molar refractivity (Wildman–Crippen MR) is 113 cm³/mol.